The van der Waals surface area contributed by atoms with Crippen LogP contribution in [-0.2, 0) is 6.54 Å². The Bertz CT molecular complexity index is 554. The summed E-state index contributed by atoms with van der Waals surface area (Å²) in [5, 5.41) is 15.4. The molecule has 6 nitrogen and oxygen atoms in total. The third-order valence-electron chi connectivity index (χ3n) is 2.82. The maximum atomic E-state index is 11.6. The maximum Gasteiger partial charge on any atom is 0.317 e. The van der Waals surface area contributed by atoms with E-state index in [9.17, 15) is 4.79 Å². The molecular weight excluding hydrogens is 258 g/mol. The Morgan fingerprint density at radius 2 is 2.15 bits per heavy atom. The predicted octanol–water partition coefficient (Wildman–Crippen LogP) is 1.48. The van der Waals surface area contributed by atoms with Crippen LogP contribution in [0.15, 0.2) is 40.9 Å². The van der Waals surface area contributed by atoms with Crippen molar-refractivity contribution in [1.82, 2.24) is 15.4 Å². The van der Waals surface area contributed by atoms with E-state index in [2.05, 4.69) is 10.5 Å². The number of aliphatic hydroxyl groups is 1. The van der Waals surface area contributed by atoms with Gasteiger partial charge in [-0.3, -0.25) is 0 Å². The van der Waals surface area contributed by atoms with Crippen molar-refractivity contribution >= 4 is 6.03 Å². The zero-order valence-electron chi connectivity index (χ0n) is 11.2. The van der Waals surface area contributed by atoms with E-state index < -0.39 is 0 Å². The lowest BCUT2D eigenvalue weighted by atomic mass is 10.2. The number of amides is 2. The van der Waals surface area contributed by atoms with Gasteiger partial charge in [-0.2, -0.15) is 0 Å². The molecule has 0 fully saturated rings. The van der Waals surface area contributed by atoms with Crippen molar-refractivity contribution in [1.29, 1.82) is 0 Å². The highest BCUT2D eigenvalue weighted by atomic mass is 16.5. The second-order valence-corrected chi connectivity index (χ2v) is 4.35. The van der Waals surface area contributed by atoms with Crippen LogP contribution in [0.4, 0.5) is 4.79 Å². The van der Waals surface area contributed by atoms with Gasteiger partial charge in [-0.05, 0) is 0 Å². The number of nitrogens with one attached hydrogen (secondary N) is 1. The van der Waals surface area contributed by atoms with Crippen molar-refractivity contribution in [2.45, 2.75) is 6.54 Å². The fraction of sp³-hybridized carbons (Fsp3) is 0.286. The molecule has 2 amide bonds. The van der Waals surface area contributed by atoms with Gasteiger partial charge in [0.25, 0.3) is 0 Å². The predicted molar refractivity (Wildman–Crippen MR) is 73.9 cm³/mol. The maximum absolute atomic E-state index is 11.6. The highest BCUT2D eigenvalue weighted by Gasteiger charge is 2.10. The number of benzene rings is 1. The Morgan fingerprint density at radius 3 is 2.85 bits per heavy atom. The van der Waals surface area contributed by atoms with E-state index in [-0.39, 0.29) is 19.2 Å². The van der Waals surface area contributed by atoms with Crippen LogP contribution in [0, 0.1) is 0 Å². The molecule has 0 saturated heterocycles. The number of carbonyl (C=O) groups is 1. The van der Waals surface area contributed by atoms with Gasteiger partial charge in [0.2, 0.25) is 0 Å². The van der Waals surface area contributed by atoms with Crippen molar-refractivity contribution in [2.75, 3.05) is 20.2 Å². The minimum Gasteiger partial charge on any atom is -0.395 e. The molecular formula is C14H17N3O3. The minimum atomic E-state index is -0.261. The Kier molecular flexibility index (Phi) is 4.73. The van der Waals surface area contributed by atoms with E-state index in [0.717, 1.165) is 5.56 Å². The van der Waals surface area contributed by atoms with Crippen LogP contribution in [-0.4, -0.2) is 41.4 Å². The van der Waals surface area contributed by atoms with Crippen LogP contribution < -0.4 is 5.32 Å². The molecule has 0 aliphatic heterocycles. The van der Waals surface area contributed by atoms with Crippen molar-refractivity contribution in [3.05, 3.63) is 42.1 Å². The van der Waals surface area contributed by atoms with E-state index in [1.165, 1.54) is 4.90 Å². The summed E-state index contributed by atoms with van der Waals surface area (Å²) >= 11 is 0. The molecule has 1 aromatic carbocycles. The molecule has 0 spiro atoms. The van der Waals surface area contributed by atoms with Crippen LogP contribution in [0.5, 0.6) is 0 Å². The molecule has 6 heteroatoms. The van der Waals surface area contributed by atoms with Gasteiger partial charge in [0.15, 0.2) is 5.76 Å². The summed E-state index contributed by atoms with van der Waals surface area (Å²) in [4.78, 5) is 13.0. The quantitative estimate of drug-likeness (QED) is 0.866. The minimum absolute atomic E-state index is 0.0635. The smallest absolute Gasteiger partial charge is 0.317 e. The molecule has 2 aromatic rings. The van der Waals surface area contributed by atoms with Crippen molar-refractivity contribution in [2.24, 2.45) is 0 Å². The summed E-state index contributed by atoms with van der Waals surface area (Å²) < 4.78 is 5.24. The zero-order valence-corrected chi connectivity index (χ0v) is 11.2. The van der Waals surface area contributed by atoms with E-state index >= 15 is 0 Å². The molecule has 0 bridgehead atoms. The average Bonchev–Trinajstić information content (AvgIpc) is 2.95. The van der Waals surface area contributed by atoms with E-state index in [1.807, 2.05) is 30.3 Å². The normalized spacial score (nSPS) is 10.3. The number of hydrogen-bond acceptors (Lipinski definition) is 4. The van der Waals surface area contributed by atoms with Gasteiger partial charge in [0.1, 0.15) is 5.69 Å². The summed E-state index contributed by atoms with van der Waals surface area (Å²) in [7, 11) is 1.61. The Morgan fingerprint density at radius 1 is 1.40 bits per heavy atom. The van der Waals surface area contributed by atoms with Crippen molar-refractivity contribution < 1.29 is 14.4 Å². The lowest BCUT2D eigenvalue weighted by molar-refractivity contribution is 0.190. The Balaban J connectivity index is 1.92. The summed E-state index contributed by atoms with van der Waals surface area (Å²) in [5.41, 5.74) is 1.59. The van der Waals surface area contributed by atoms with Gasteiger partial charge in [0.05, 0.1) is 13.2 Å². The van der Waals surface area contributed by atoms with Crippen LogP contribution in [0.1, 0.15) is 5.69 Å². The van der Waals surface area contributed by atoms with Gasteiger partial charge in [-0.15, -0.1) is 0 Å². The zero-order chi connectivity index (χ0) is 14.4. The third-order valence-corrected chi connectivity index (χ3v) is 2.82. The largest absolute Gasteiger partial charge is 0.395 e. The fourth-order valence-corrected chi connectivity index (χ4v) is 1.69. The van der Waals surface area contributed by atoms with Crippen molar-refractivity contribution in [3.8, 4) is 11.3 Å². The molecule has 20 heavy (non-hydrogen) atoms. The molecule has 1 heterocycles. The number of nitrogens with zero attached hydrogens (tertiary/aromatic N) is 2. The van der Waals surface area contributed by atoms with Gasteiger partial charge < -0.3 is 19.8 Å². The Hall–Kier alpha value is -2.34. The fourth-order valence-electron chi connectivity index (χ4n) is 1.69. The molecule has 0 atom stereocenters. The number of likely N-dealkylation sites (N-methyl/N-ethyl adjacent to an activating group) is 1. The van der Waals surface area contributed by atoms with Crippen LogP contribution in [0.2, 0.25) is 0 Å². The first-order valence-electron chi connectivity index (χ1n) is 6.31. The molecule has 0 saturated carbocycles. The number of aliphatic hydroxyl groups excluding tert-OH is 1. The van der Waals surface area contributed by atoms with E-state index in [0.29, 0.717) is 18.0 Å². The van der Waals surface area contributed by atoms with Gasteiger partial charge in [-0.25, -0.2) is 4.79 Å². The number of carbonyl (C=O) groups excluding carboxylic acids is 1. The number of aromatic nitrogens is 1. The molecule has 1 aromatic heterocycles. The third kappa shape index (κ3) is 3.58. The van der Waals surface area contributed by atoms with Gasteiger partial charge in [0, 0.05) is 25.2 Å². The first-order chi connectivity index (χ1) is 9.70. The molecule has 2 N–H and O–H groups in total. The molecule has 0 aliphatic carbocycles. The highest BCUT2D eigenvalue weighted by molar-refractivity contribution is 5.73. The van der Waals surface area contributed by atoms with Crippen molar-refractivity contribution in [3.63, 3.8) is 0 Å². The monoisotopic (exact) mass is 275 g/mol. The molecule has 0 radical (unpaired) electrons. The van der Waals surface area contributed by atoms with Crippen LogP contribution >= 0.6 is 0 Å². The number of urea groups is 1. The van der Waals surface area contributed by atoms with E-state index in [1.54, 1.807) is 13.1 Å². The lowest BCUT2D eigenvalue weighted by Crippen LogP contribution is -2.38. The lowest BCUT2D eigenvalue weighted by Gasteiger charge is -2.15. The summed E-state index contributed by atoms with van der Waals surface area (Å²) in [6, 6.07) is 11.2. The first kappa shape index (κ1) is 14.1. The SMILES string of the molecule is CN(CCO)C(=O)NCc1cc(-c2ccccc2)on1. The topological polar surface area (TPSA) is 78.6 Å². The molecule has 0 aliphatic rings. The molecule has 2 rings (SSSR count). The second-order valence-electron chi connectivity index (χ2n) is 4.35. The molecule has 106 valence electrons. The Labute approximate surface area is 117 Å². The van der Waals surface area contributed by atoms with Gasteiger partial charge in [-0.1, -0.05) is 35.5 Å². The first-order valence-corrected chi connectivity index (χ1v) is 6.31. The molecule has 0 unspecified atom stereocenters. The van der Waals surface area contributed by atoms with Crippen LogP contribution in [0.25, 0.3) is 11.3 Å². The summed E-state index contributed by atoms with van der Waals surface area (Å²) in [6.07, 6.45) is 0. The standard InChI is InChI=1S/C14H17N3O3/c1-17(7-8-18)14(19)15-10-12-9-13(20-16-12)11-5-3-2-4-6-11/h2-6,9,18H,7-8,10H2,1H3,(H,15,19). The number of rotatable bonds is 5. The van der Waals surface area contributed by atoms with Crippen LogP contribution in [0.3, 0.4) is 0 Å². The summed E-state index contributed by atoms with van der Waals surface area (Å²) in [6.45, 7) is 0.511. The number of hydrogen-bond donors (Lipinski definition) is 2. The summed E-state index contributed by atoms with van der Waals surface area (Å²) in [5.74, 6) is 0.665. The average molecular weight is 275 g/mol. The van der Waals surface area contributed by atoms with Gasteiger partial charge >= 0.3 is 6.03 Å². The second kappa shape index (κ2) is 6.72. The highest BCUT2D eigenvalue weighted by Crippen LogP contribution is 2.19. The van der Waals surface area contributed by atoms with E-state index in [4.69, 9.17) is 9.63 Å².